The molecule has 21 heavy (non-hydrogen) atoms. The van der Waals surface area contributed by atoms with Crippen LogP contribution in [0.5, 0.6) is 0 Å². The molecule has 2 heteroatoms. The third-order valence-electron chi connectivity index (χ3n) is 4.93. The normalized spacial score (nSPS) is 26.3. The number of aryl methyl sites for hydroxylation is 1. The number of aliphatic imine (C=N–C) groups is 1. The lowest BCUT2D eigenvalue weighted by Gasteiger charge is -2.50. The first-order chi connectivity index (χ1) is 10.0. The summed E-state index contributed by atoms with van der Waals surface area (Å²) in [6.45, 7) is 7.67. The molecule has 1 fully saturated rings. The van der Waals surface area contributed by atoms with Gasteiger partial charge in [0.15, 0.2) is 0 Å². The second-order valence-electron chi connectivity index (χ2n) is 7.61. The maximum absolute atomic E-state index is 4.80. The minimum absolute atomic E-state index is 0.00677. The van der Waals surface area contributed by atoms with E-state index in [9.17, 15) is 0 Å². The van der Waals surface area contributed by atoms with E-state index in [-0.39, 0.29) is 11.1 Å². The van der Waals surface area contributed by atoms with E-state index in [1.807, 2.05) is 0 Å². The SMILES string of the molecule is CC(C)(C)N=CN1CCCCC12CCCc1ccccc12. The number of likely N-dealkylation sites (tertiary alicyclic amines) is 1. The van der Waals surface area contributed by atoms with E-state index in [2.05, 4.69) is 56.3 Å². The average molecular weight is 284 g/mol. The van der Waals surface area contributed by atoms with Crippen LogP contribution >= 0.6 is 0 Å². The van der Waals surface area contributed by atoms with E-state index in [0.29, 0.717) is 0 Å². The van der Waals surface area contributed by atoms with Crippen LogP contribution in [0.2, 0.25) is 0 Å². The van der Waals surface area contributed by atoms with Crippen LogP contribution in [0, 0.1) is 0 Å². The highest BCUT2D eigenvalue weighted by molar-refractivity contribution is 5.59. The number of piperidine rings is 1. The van der Waals surface area contributed by atoms with E-state index < -0.39 is 0 Å². The van der Waals surface area contributed by atoms with Gasteiger partial charge in [-0.2, -0.15) is 0 Å². The van der Waals surface area contributed by atoms with Crippen LogP contribution < -0.4 is 0 Å². The van der Waals surface area contributed by atoms with Gasteiger partial charge in [-0.05, 0) is 70.4 Å². The van der Waals surface area contributed by atoms with Crippen LogP contribution in [-0.2, 0) is 12.0 Å². The number of fused-ring (bicyclic) bond motifs is 2. The lowest BCUT2D eigenvalue weighted by molar-refractivity contribution is 0.100. The van der Waals surface area contributed by atoms with Crippen LogP contribution in [0.15, 0.2) is 29.3 Å². The third kappa shape index (κ3) is 2.86. The van der Waals surface area contributed by atoms with Crippen molar-refractivity contribution in [2.24, 2.45) is 4.99 Å². The van der Waals surface area contributed by atoms with Gasteiger partial charge in [0.1, 0.15) is 0 Å². The zero-order chi connectivity index (χ0) is 14.9. The van der Waals surface area contributed by atoms with E-state index in [1.54, 1.807) is 11.1 Å². The minimum atomic E-state index is 0.00677. The lowest BCUT2D eigenvalue weighted by atomic mass is 9.71. The molecule has 0 saturated carbocycles. The highest BCUT2D eigenvalue weighted by Crippen LogP contribution is 2.45. The van der Waals surface area contributed by atoms with E-state index in [0.717, 1.165) is 6.54 Å². The van der Waals surface area contributed by atoms with Crippen molar-refractivity contribution in [2.45, 2.75) is 70.4 Å². The number of hydrogen-bond donors (Lipinski definition) is 0. The summed E-state index contributed by atoms with van der Waals surface area (Å²) in [6, 6.07) is 9.08. The maximum atomic E-state index is 4.80. The largest absolute Gasteiger partial charge is 0.353 e. The lowest BCUT2D eigenvalue weighted by Crippen LogP contribution is -2.50. The Morgan fingerprint density at radius 1 is 1.10 bits per heavy atom. The van der Waals surface area contributed by atoms with Crippen molar-refractivity contribution in [2.75, 3.05) is 6.54 Å². The second-order valence-corrected chi connectivity index (χ2v) is 7.61. The molecule has 0 radical (unpaired) electrons. The summed E-state index contributed by atoms with van der Waals surface area (Å²) in [5.74, 6) is 0. The van der Waals surface area contributed by atoms with Gasteiger partial charge in [-0.15, -0.1) is 0 Å². The minimum Gasteiger partial charge on any atom is -0.353 e. The van der Waals surface area contributed by atoms with Crippen LogP contribution in [0.4, 0.5) is 0 Å². The quantitative estimate of drug-likeness (QED) is 0.546. The highest BCUT2D eigenvalue weighted by atomic mass is 15.2. The molecule has 1 aliphatic carbocycles. The molecule has 0 amide bonds. The zero-order valence-electron chi connectivity index (χ0n) is 13.7. The molecule has 0 bridgehead atoms. The summed E-state index contributed by atoms with van der Waals surface area (Å²) < 4.78 is 0. The van der Waals surface area contributed by atoms with Crippen LogP contribution in [0.3, 0.4) is 0 Å². The summed E-state index contributed by atoms with van der Waals surface area (Å²) in [5.41, 5.74) is 3.34. The first-order valence-corrected chi connectivity index (χ1v) is 8.42. The van der Waals surface area contributed by atoms with Crippen molar-refractivity contribution in [3.05, 3.63) is 35.4 Å². The predicted octanol–water partition coefficient (Wildman–Crippen LogP) is 4.53. The van der Waals surface area contributed by atoms with Gasteiger partial charge in [-0.25, -0.2) is 0 Å². The summed E-state index contributed by atoms with van der Waals surface area (Å²) >= 11 is 0. The Hall–Kier alpha value is -1.31. The summed E-state index contributed by atoms with van der Waals surface area (Å²) in [5, 5.41) is 0. The molecule has 2 aliphatic rings. The van der Waals surface area contributed by atoms with Gasteiger partial charge in [-0.3, -0.25) is 4.99 Å². The fourth-order valence-corrected chi connectivity index (χ4v) is 3.92. The third-order valence-corrected chi connectivity index (χ3v) is 4.93. The Morgan fingerprint density at radius 3 is 2.67 bits per heavy atom. The Kier molecular flexibility index (Phi) is 3.81. The molecule has 1 saturated heterocycles. The smallest absolute Gasteiger partial charge is 0.0863 e. The molecule has 1 aliphatic heterocycles. The molecular weight excluding hydrogens is 256 g/mol. The molecule has 1 heterocycles. The van der Waals surface area contributed by atoms with Gasteiger partial charge in [0.05, 0.1) is 17.4 Å². The first-order valence-electron chi connectivity index (χ1n) is 8.42. The van der Waals surface area contributed by atoms with Crippen LogP contribution in [0.1, 0.15) is 64.0 Å². The molecule has 1 aromatic carbocycles. The summed E-state index contributed by atoms with van der Waals surface area (Å²) in [6.07, 6.45) is 9.88. The number of hydrogen-bond acceptors (Lipinski definition) is 1. The van der Waals surface area contributed by atoms with E-state index in [4.69, 9.17) is 4.99 Å². The Morgan fingerprint density at radius 2 is 1.86 bits per heavy atom. The standard InChI is InChI=1S/C19H28N2/c1-18(2,3)20-15-21-14-7-6-12-19(21)13-8-10-16-9-4-5-11-17(16)19/h4-5,9,11,15H,6-8,10,12-14H2,1-3H3. The molecule has 2 nitrogen and oxygen atoms in total. The first kappa shape index (κ1) is 14.6. The highest BCUT2D eigenvalue weighted by Gasteiger charge is 2.42. The maximum Gasteiger partial charge on any atom is 0.0863 e. The van der Waals surface area contributed by atoms with Crippen molar-refractivity contribution in [3.63, 3.8) is 0 Å². The number of nitrogens with zero attached hydrogens (tertiary/aromatic N) is 2. The van der Waals surface area contributed by atoms with E-state index in [1.165, 1.54) is 38.5 Å². The predicted molar refractivity (Wildman–Crippen MR) is 89.9 cm³/mol. The Balaban J connectivity index is 1.99. The van der Waals surface area contributed by atoms with Gasteiger partial charge in [0.25, 0.3) is 0 Å². The molecule has 0 aromatic heterocycles. The fraction of sp³-hybridized carbons (Fsp3) is 0.632. The van der Waals surface area contributed by atoms with Gasteiger partial charge in [0, 0.05) is 6.54 Å². The molecule has 3 rings (SSSR count). The monoisotopic (exact) mass is 284 g/mol. The van der Waals surface area contributed by atoms with Crippen molar-refractivity contribution < 1.29 is 0 Å². The van der Waals surface area contributed by atoms with Crippen LogP contribution in [0.25, 0.3) is 0 Å². The molecule has 1 unspecified atom stereocenters. The topological polar surface area (TPSA) is 15.6 Å². The molecular formula is C19H28N2. The molecule has 0 N–H and O–H groups in total. The van der Waals surface area contributed by atoms with Crippen molar-refractivity contribution >= 4 is 6.34 Å². The summed E-state index contributed by atoms with van der Waals surface area (Å²) in [7, 11) is 0. The number of rotatable bonds is 1. The molecule has 114 valence electrons. The fourth-order valence-electron chi connectivity index (χ4n) is 3.92. The van der Waals surface area contributed by atoms with Crippen molar-refractivity contribution in [1.82, 2.24) is 4.90 Å². The van der Waals surface area contributed by atoms with Crippen molar-refractivity contribution in [1.29, 1.82) is 0 Å². The van der Waals surface area contributed by atoms with Gasteiger partial charge in [-0.1, -0.05) is 24.3 Å². The zero-order valence-corrected chi connectivity index (χ0v) is 13.7. The number of benzene rings is 1. The average Bonchev–Trinajstić information content (AvgIpc) is 2.46. The van der Waals surface area contributed by atoms with Gasteiger partial charge < -0.3 is 4.90 Å². The van der Waals surface area contributed by atoms with Gasteiger partial charge in [0.2, 0.25) is 0 Å². The Labute approximate surface area is 129 Å². The summed E-state index contributed by atoms with van der Waals surface area (Å²) in [4.78, 5) is 7.36. The van der Waals surface area contributed by atoms with Crippen molar-refractivity contribution in [3.8, 4) is 0 Å². The molecule has 1 atom stereocenters. The molecule has 1 spiro atoms. The van der Waals surface area contributed by atoms with Gasteiger partial charge >= 0.3 is 0 Å². The second kappa shape index (κ2) is 5.47. The van der Waals surface area contributed by atoms with E-state index >= 15 is 0 Å². The van der Waals surface area contributed by atoms with Crippen LogP contribution in [-0.4, -0.2) is 23.3 Å². The molecule has 1 aromatic rings. The Bertz CT molecular complexity index is 527.